The first-order valence-electron chi connectivity index (χ1n) is 6.46. The van der Waals surface area contributed by atoms with E-state index in [2.05, 4.69) is 4.72 Å². The molecule has 0 fully saturated rings. The summed E-state index contributed by atoms with van der Waals surface area (Å²) >= 11 is 5.93. The normalized spacial score (nSPS) is 14.3. The van der Waals surface area contributed by atoms with Crippen LogP contribution in [0.5, 0.6) is 0 Å². The van der Waals surface area contributed by atoms with E-state index < -0.39 is 16.1 Å². The van der Waals surface area contributed by atoms with Crippen LogP contribution in [0.15, 0.2) is 23.1 Å². The van der Waals surface area contributed by atoms with Gasteiger partial charge in [-0.15, -0.1) is 0 Å². The predicted molar refractivity (Wildman–Crippen MR) is 81.5 cm³/mol. The van der Waals surface area contributed by atoms with Gasteiger partial charge in [0.2, 0.25) is 10.0 Å². The van der Waals surface area contributed by atoms with Crippen molar-refractivity contribution in [2.24, 2.45) is 5.41 Å². The van der Waals surface area contributed by atoms with Crippen LogP contribution in [0.2, 0.25) is 5.02 Å². The van der Waals surface area contributed by atoms with Gasteiger partial charge in [-0.1, -0.05) is 38.4 Å². The fraction of sp³-hybridized carbons (Fsp3) is 0.571. The molecule has 0 aliphatic heterocycles. The molecule has 0 radical (unpaired) electrons. The van der Waals surface area contributed by atoms with Crippen molar-refractivity contribution in [3.8, 4) is 0 Å². The average molecular weight is 320 g/mol. The molecule has 20 heavy (non-hydrogen) atoms. The van der Waals surface area contributed by atoms with Crippen LogP contribution in [0, 0.1) is 12.3 Å². The second-order valence-electron chi connectivity index (χ2n) is 6.13. The topological polar surface area (TPSA) is 66.4 Å². The van der Waals surface area contributed by atoms with Crippen LogP contribution >= 0.6 is 11.6 Å². The van der Waals surface area contributed by atoms with Gasteiger partial charge in [-0.2, -0.15) is 0 Å². The van der Waals surface area contributed by atoms with Gasteiger partial charge < -0.3 is 5.11 Å². The number of hydrogen-bond donors (Lipinski definition) is 2. The molecule has 0 amide bonds. The van der Waals surface area contributed by atoms with Crippen molar-refractivity contribution >= 4 is 21.6 Å². The monoisotopic (exact) mass is 319 g/mol. The number of aliphatic hydroxyl groups excluding tert-OH is 1. The zero-order valence-electron chi connectivity index (χ0n) is 12.3. The van der Waals surface area contributed by atoms with Gasteiger partial charge >= 0.3 is 0 Å². The maximum absolute atomic E-state index is 12.2. The summed E-state index contributed by atoms with van der Waals surface area (Å²) in [5, 5.41) is 10.3. The number of hydrogen-bond acceptors (Lipinski definition) is 3. The van der Waals surface area contributed by atoms with Gasteiger partial charge in [-0.25, -0.2) is 13.1 Å². The number of aliphatic hydroxyl groups is 1. The minimum absolute atomic E-state index is 0.00838. The summed E-state index contributed by atoms with van der Waals surface area (Å²) in [6, 6.07) is 4.74. The van der Waals surface area contributed by atoms with E-state index in [0.717, 1.165) is 0 Å². The van der Waals surface area contributed by atoms with E-state index >= 15 is 0 Å². The van der Waals surface area contributed by atoms with Gasteiger partial charge in [0.25, 0.3) is 0 Å². The molecule has 4 nitrogen and oxygen atoms in total. The molecule has 0 saturated carbocycles. The van der Waals surface area contributed by atoms with Crippen molar-refractivity contribution in [2.75, 3.05) is 6.54 Å². The van der Waals surface area contributed by atoms with Gasteiger partial charge in [0.05, 0.1) is 11.0 Å². The van der Waals surface area contributed by atoms with Crippen LogP contribution in [0.3, 0.4) is 0 Å². The molecule has 0 spiro atoms. The molecule has 2 N–H and O–H groups in total. The van der Waals surface area contributed by atoms with Gasteiger partial charge in [0.15, 0.2) is 0 Å². The van der Waals surface area contributed by atoms with Crippen molar-refractivity contribution in [1.82, 2.24) is 4.72 Å². The minimum atomic E-state index is -3.66. The molecule has 0 bridgehead atoms. The van der Waals surface area contributed by atoms with Crippen LogP contribution in [0.25, 0.3) is 0 Å². The maximum atomic E-state index is 12.2. The summed E-state index contributed by atoms with van der Waals surface area (Å²) in [6.07, 6.45) is -0.200. The molecule has 1 unspecified atom stereocenters. The van der Waals surface area contributed by atoms with E-state index in [1.165, 1.54) is 6.07 Å². The Kier molecular flexibility index (Phi) is 5.61. The lowest BCUT2D eigenvalue weighted by Gasteiger charge is -2.22. The fourth-order valence-electron chi connectivity index (χ4n) is 1.94. The summed E-state index contributed by atoms with van der Waals surface area (Å²) < 4.78 is 26.8. The molecule has 1 aromatic carbocycles. The molecule has 6 heteroatoms. The van der Waals surface area contributed by atoms with E-state index in [1.54, 1.807) is 19.1 Å². The zero-order chi connectivity index (χ0) is 15.6. The average Bonchev–Trinajstić information content (AvgIpc) is 2.28. The molecule has 1 aromatic rings. The Morgan fingerprint density at radius 3 is 2.50 bits per heavy atom. The number of nitrogens with one attached hydrogen (secondary N) is 1. The summed E-state index contributed by atoms with van der Waals surface area (Å²) in [6.45, 7) is 7.62. The molecule has 114 valence electrons. The molecule has 0 aromatic heterocycles. The van der Waals surface area contributed by atoms with Crippen molar-refractivity contribution in [1.29, 1.82) is 0 Å². The number of rotatable bonds is 5. The predicted octanol–water partition coefficient (Wildman–Crippen LogP) is 2.72. The van der Waals surface area contributed by atoms with Crippen molar-refractivity contribution in [3.63, 3.8) is 0 Å². The van der Waals surface area contributed by atoms with Crippen LogP contribution in [0.1, 0.15) is 32.8 Å². The van der Waals surface area contributed by atoms with Crippen molar-refractivity contribution in [2.45, 2.75) is 45.1 Å². The Morgan fingerprint density at radius 2 is 1.95 bits per heavy atom. The first kappa shape index (κ1) is 17.4. The molecule has 1 atom stereocenters. The minimum Gasteiger partial charge on any atom is -0.392 e. The van der Waals surface area contributed by atoms with E-state index in [1.807, 2.05) is 20.8 Å². The Labute approximate surface area is 126 Å². The SMILES string of the molecule is Cc1c(Cl)cccc1S(=O)(=O)NCC(O)CC(C)(C)C. The third-order valence-electron chi connectivity index (χ3n) is 2.86. The third-order valence-corrected chi connectivity index (χ3v) is 4.84. The Hall–Kier alpha value is -0.620. The first-order valence-corrected chi connectivity index (χ1v) is 8.32. The van der Waals surface area contributed by atoms with Crippen molar-refractivity contribution < 1.29 is 13.5 Å². The van der Waals surface area contributed by atoms with Crippen LogP contribution in [-0.4, -0.2) is 26.2 Å². The molecule has 0 heterocycles. The quantitative estimate of drug-likeness (QED) is 0.877. The van der Waals surface area contributed by atoms with Crippen molar-refractivity contribution in [3.05, 3.63) is 28.8 Å². The lowest BCUT2D eigenvalue weighted by Crippen LogP contribution is -2.34. The zero-order valence-corrected chi connectivity index (χ0v) is 13.8. The second kappa shape index (κ2) is 6.43. The second-order valence-corrected chi connectivity index (χ2v) is 8.28. The Bertz CT molecular complexity index is 564. The molecule has 0 aliphatic rings. The molecule has 0 aliphatic carbocycles. The van der Waals surface area contributed by atoms with Gasteiger partial charge in [0.1, 0.15) is 0 Å². The molecular weight excluding hydrogens is 298 g/mol. The van der Waals surface area contributed by atoms with Gasteiger partial charge in [-0.3, -0.25) is 0 Å². The Balaban J connectivity index is 2.79. The first-order chi connectivity index (χ1) is 9.03. The smallest absolute Gasteiger partial charge is 0.240 e. The number of benzene rings is 1. The van der Waals surface area contributed by atoms with Gasteiger partial charge in [0, 0.05) is 11.6 Å². The van der Waals surface area contributed by atoms with E-state index in [-0.39, 0.29) is 16.9 Å². The molecule has 1 rings (SSSR count). The summed E-state index contributed by atoms with van der Waals surface area (Å²) in [5.74, 6) is 0. The van der Waals surface area contributed by atoms with Gasteiger partial charge in [-0.05, 0) is 36.5 Å². The van der Waals surface area contributed by atoms with E-state index in [4.69, 9.17) is 11.6 Å². The number of halogens is 1. The van der Waals surface area contributed by atoms with Crippen LogP contribution in [0.4, 0.5) is 0 Å². The van der Waals surface area contributed by atoms with E-state index in [0.29, 0.717) is 17.0 Å². The summed E-state index contributed by atoms with van der Waals surface area (Å²) in [4.78, 5) is 0.146. The van der Waals surface area contributed by atoms with Crippen LogP contribution in [-0.2, 0) is 10.0 Å². The standard InChI is InChI=1S/C14H22ClNO3S/c1-10-12(15)6-5-7-13(10)20(18,19)16-9-11(17)8-14(2,3)4/h5-7,11,16-17H,8-9H2,1-4H3. The number of sulfonamides is 1. The highest BCUT2D eigenvalue weighted by molar-refractivity contribution is 7.89. The summed E-state index contributed by atoms with van der Waals surface area (Å²) in [7, 11) is -3.66. The lowest BCUT2D eigenvalue weighted by atomic mass is 9.89. The third kappa shape index (κ3) is 5.05. The molecule has 0 saturated heterocycles. The molecular formula is C14H22ClNO3S. The highest BCUT2D eigenvalue weighted by Gasteiger charge is 2.21. The lowest BCUT2D eigenvalue weighted by molar-refractivity contribution is 0.125. The van der Waals surface area contributed by atoms with Crippen LogP contribution < -0.4 is 4.72 Å². The summed E-state index contributed by atoms with van der Waals surface area (Å²) in [5.41, 5.74) is 0.448. The Morgan fingerprint density at radius 1 is 1.35 bits per heavy atom. The largest absolute Gasteiger partial charge is 0.392 e. The highest BCUT2D eigenvalue weighted by Crippen LogP contribution is 2.23. The highest BCUT2D eigenvalue weighted by atomic mass is 35.5. The van der Waals surface area contributed by atoms with E-state index in [9.17, 15) is 13.5 Å². The fourth-order valence-corrected chi connectivity index (χ4v) is 3.51. The maximum Gasteiger partial charge on any atom is 0.240 e.